The lowest BCUT2D eigenvalue weighted by Crippen LogP contribution is -2.55. The van der Waals surface area contributed by atoms with Crippen molar-refractivity contribution in [1.29, 1.82) is 0 Å². The SMILES string of the molecule is O=C(c1cc2ccccc2oc1=O)N1CC(CN2C(=O)COC2=O)C1. The number of ether oxygens (including phenoxy) is 1. The number of rotatable bonds is 3. The van der Waals surface area contributed by atoms with Gasteiger partial charge in [-0.15, -0.1) is 0 Å². The fraction of sp³-hybridized carbons (Fsp3) is 0.294. The number of imide groups is 1. The van der Waals surface area contributed by atoms with Crippen LogP contribution in [-0.2, 0) is 9.53 Å². The van der Waals surface area contributed by atoms with Crippen molar-refractivity contribution in [1.82, 2.24) is 9.80 Å². The number of cyclic esters (lactones) is 1. The third-order valence-electron chi connectivity index (χ3n) is 4.40. The third kappa shape index (κ3) is 2.65. The number of benzene rings is 1. The predicted octanol–water partition coefficient (Wildman–Crippen LogP) is 0.844. The van der Waals surface area contributed by atoms with Gasteiger partial charge in [0.1, 0.15) is 11.1 Å². The van der Waals surface area contributed by atoms with E-state index in [-0.39, 0.29) is 30.5 Å². The van der Waals surface area contributed by atoms with Crippen molar-refractivity contribution in [3.8, 4) is 0 Å². The van der Waals surface area contributed by atoms with Gasteiger partial charge < -0.3 is 14.1 Å². The monoisotopic (exact) mass is 342 g/mol. The molecular weight excluding hydrogens is 328 g/mol. The maximum absolute atomic E-state index is 12.5. The lowest BCUT2D eigenvalue weighted by Gasteiger charge is -2.40. The van der Waals surface area contributed by atoms with Crippen LogP contribution in [0.25, 0.3) is 11.0 Å². The van der Waals surface area contributed by atoms with E-state index in [9.17, 15) is 19.2 Å². The first-order valence-electron chi connectivity index (χ1n) is 7.82. The van der Waals surface area contributed by atoms with Gasteiger partial charge in [-0.05, 0) is 12.1 Å². The van der Waals surface area contributed by atoms with E-state index >= 15 is 0 Å². The molecule has 8 heteroatoms. The Morgan fingerprint density at radius 1 is 1.16 bits per heavy atom. The summed E-state index contributed by atoms with van der Waals surface area (Å²) in [5.41, 5.74) is -0.268. The van der Waals surface area contributed by atoms with Crippen LogP contribution >= 0.6 is 0 Å². The van der Waals surface area contributed by atoms with Crippen molar-refractivity contribution in [2.75, 3.05) is 26.2 Å². The number of para-hydroxylation sites is 1. The van der Waals surface area contributed by atoms with Crippen LogP contribution in [0.4, 0.5) is 4.79 Å². The zero-order valence-electron chi connectivity index (χ0n) is 13.1. The maximum atomic E-state index is 12.5. The van der Waals surface area contributed by atoms with Crippen molar-refractivity contribution in [3.05, 3.63) is 46.3 Å². The Bertz CT molecular complexity index is 928. The Labute approximate surface area is 141 Å². The lowest BCUT2D eigenvalue weighted by molar-refractivity contribution is -0.126. The number of hydrogen-bond acceptors (Lipinski definition) is 6. The molecule has 2 aliphatic heterocycles. The molecular formula is C17H14N2O6. The highest BCUT2D eigenvalue weighted by molar-refractivity contribution is 5.98. The number of nitrogens with zero attached hydrogens (tertiary/aromatic N) is 2. The average Bonchev–Trinajstić information content (AvgIpc) is 2.88. The van der Waals surface area contributed by atoms with Gasteiger partial charge in [0.2, 0.25) is 0 Å². The van der Waals surface area contributed by atoms with E-state index < -0.39 is 17.6 Å². The first kappa shape index (κ1) is 15.4. The van der Waals surface area contributed by atoms with Crippen LogP contribution in [0.1, 0.15) is 10.4 Å². The summed E-state index contributed by atoms with van der Waals surface area (Å²) in [4.78, 5) is 50.0. The van der Waals surface area contributed by atoms with Gasteiger partial charge >= 0.3 is 11.7 Å². The molecule has 8 nitrogen and oxygen atoms in total. The number of carbonyl (C=O) groups is 3. The molecule has 0 spiro atoms. The summed E-state index contributed by atoms with van der Waals surface area (Å²) < 4.78 is 9.83. The maximum Gasteiger partial charge on any atom is 0.417 e. The highest BCUT2D eigenvalue weighted by atomic mass is 16.6. The second kappa shape index (κ2) is 5.73. The Hall–Kier alpha value is -3.16. The Morgan fingerprint density at radius 3 is 2.64 bits per heavy atom. The van der Waals surface area contributed by atoms with Gasteiger partial charge in [0.05, 0.1) is 0 Å². The zero-order valence-corrected chi connectivity index (χ0v) is 13.1. The number of carbonyl (C=O) groups excluding carboxylic acids is 3. The second-order valence-electron chi connectivity index (χ2n) is 6.12. The van der Waals surface area contributed by atoms with E-state index in [2.05, 4.69) is 4.74 Å². The molecule has 128 valence electrons. The van der Waals surface area contributed by atoms with E-state index in [4.69, 9.17) is 4.42 Å². The number of amides is 3. The summed E-state index contributed by atoms with van der Waals surface area (Å²) in [6, 6.07) is 8.49. The highest BCUT2D eigenvalue weighted by Crippen LogP contribution is 2.22. The van der Waals surface area contributed by atoms with Gasteiger partial charge in [-0.1, -0.05) is 18.2 Å². The minimum absolute atomic E-state index is 0.0196. The number of hydrogen-bond donors (Lipinski definition) is 0. The molecule has 0 bridgehead atoms. The topological polar surface area (TPSA) is 97.1 Å². The van der Waals surface area contributed by atoms with E-state index in [0.29, 0.717) is 24.1 Å². The van der Waals surface area contributed by atoms with E-state index in [1.165, 1.54) is 11.0 Å². The quantitative estimate of drug-likeness (QED) is 0.767. The molecule has 1 aromatic heterocycles. The molecule has 0 saturated carbocycles. The molecule has 25 heavy (non-hydrogen) atoms. The minimum atomic E-state index is -0.676. The summed E-state index contributed by atoms with van der Waals surface area (Å²) in [5, 5.41) is 0.674. The summed E-state index contributed by atoms with van der Waals surface area (Å²) in [5.74, 6) is -0.804. The summed E-state index contributed by atoms with van der Waals surface area (Å²) >= 11 is 0. The molecule has 0 N–H and O–H groups in total. The molecule has 3 heterocycles. The van der Waals surface area contributed by atoms with Crippen molar-refractivity contribution in [3.63, 3.8) is 0 Å². The van der Waals surface area contributed by atoms with Gasteiger partial charge in [0.15, 0.2) is 6.61 Å². The van der Waals surface area contributed by atoms with Gasteiger partial charge in [0.25, 0.3) is 11.8 Å². The van der Waals surface area contributed by atoms with Crippen LogP contribution in [0.3, 0.4) is 0 Å². The molecule has 0 radical (unpaired) electrons. The van der Waals surface area contributed by atoms with Crippen molar-refractivity contribution in [2.24, 2.45) is 5.92 Å². The molecule has 2 aromatic rings. The van der Waals surface area contributed by atoms with Crippen LogP contribution in [0.2, 0.25) is 0 Å². The summed E-state index contributed by atoms with van der Waals surface area (Å²) in [6.45, 7) is 0.713. The van der Waals surface area contributed by atoms with Gasteiger partial charge in [0, 0.05) is 30.9 Å². The van der Waals surface area contributed by atoms with E-state index in [1.54, 1.807) is 24.3 Å². The van der Waals surface area contributed by atoms with E-state index in [1.807, 2.05) is 0 Å². The largest absolute Gasteiger partial charge is 0.439 e. The smallest absolute Gasteiger partial charge is 0.417 e. The molecule has 2 fully saturated rings. The second-order valence-corrected chi connectivity index (χ2v) is 6.12. The first-order chi connectivity index (χ1) is 12.0. The number of fused-ring (bicyclic) bond motifs is 1. The van der Waals surface area contributed by atoms with Gasteiger partial charge in [-0.25, -0.2) is 14.5 Å². The van der Waals surface area contributed by atoms with Crippen molar-refractivity contribution < 1.29 is 23.5 Å². The Morgan fingerprint density at radius 2 is 1.92 bits per heavy atom. The fourth-order valence-electron chi connectivity index (χ4n) is 3.05. The van der Waals surface area contributed by atoms with Gasteiger partial charge in [-0.3, -0.25) is 9.59 Å². The van der Waals surface area contributed by atoms with Crippen LogP contribution in [0.5, 0.6) is 0 Å². The molecule has 0 aliphatic carbocycles. The average molecular weight is 342 g/mol. The van der Waals surface area contributed by atoms with Crippen LogP contribution in [0.15, 0.2) is 39.5 Å². The first-order valence-corrected chi connectivity index (χ1v) is 7.82. The number of likely N-dealkylation sites (tertiary alicyclic amines) is 1. The molecule has 2 saturated heterocycles. The minimum Gasteiger partial charge on any atom is -0.439 e. The van der Waals surface area contributed by atoms with Gasteiger partial charge in [-0.2, -0.15) is 0 Å². The normalized spacial score (nSPS) is 17.8. The van der Waals surface area contributed by atoms with Crippen LogP contribution < -0.4 is 5.63 Å². The summed E-state index contributed by atoms with van der Waals surface area (Å²) in [7, 11) is 0. The van der Waals surface area contributed by atoms with Crippen molar-refractivity contribution >= 4 is 28.9 Å². The molecule has 3 amide bonds. The fourth-order valence-corrected chi connectivity index (χ4v) is 3.05. The third-order valence-corrected chi connectivity index (χ3v) is 4.40. The molecule has 0 atom stereocenters. The standard InChI is InChI=1S/C17H14N2O6/c20-14-9-24-17(23)19(14)8-10-6-18(7-10)15(21)12-5-11-3-1-2-4-13(11)25-16(12)22/h1-5,10H,6-9H2. The summed E-state index contributed by atoms with van der Waals surface area (Å²) in [6.07, 6.45) is -0.648. The molecule has 2 aliphatic rings. The Kier molecular flexibility index (Phi) is 3.52. The Balaban J connectivity index is 1.45. The van der Waals surface area contributed by atoms with E-state index in [0.717, 1.165) is 4.90 Å². The molecule has 0 unspecified atom stereocenters. The van der Waals surface area contributed by atoms with Crippen molar-refractivity contribution in [2.45, 2.75) is 0 Å². The zero-order chi connectivity index (χ0) is 17.6. The molecule has 4 rings (SSSR count). The van der Waals surface area contributed by atoms with Crippen LogP contribution in [-0.4, -0.2) is 53.9 Å². The van der Waals surface area contributed by atoms with Crippen LogP contribution in [0, 0.1) is 5.92 Å². The highest BCUT2D eigenvalue weighted by Gasteiger charge is 2.39. The predicted molar refractivity (Wildman–Crippen MR) is 84.9 cm³/mol. The lowest BCUT2D eigenvalue weighted by atomic mass is 9.98. The molecule has 1 aromatic carbocycles.